The molecule has 1 unspecified atom stereocenters. The van der Waals surface area contributed by atoms with Gasteiger partial charge in [-0.1, -0.05) is 53.7 Å². The van der Waals surface area contributed by atoms with Crippen LogP contribution in [0.5, 0.6) is 0 Å². The summed E-state index contributed by atoms with van der Waals surface area (Å²) in [6.07, 6.45) is 0. The van der Waals surface area contributed by atoms with Crippen molar-refractivity contribution in [2.75, 3.05) is 0 Å². The summed E-state index contributed by atoms with van der Waals surface area (Å²) in [6.45, 7) is 13.0. The predicted octanol–water partition coefficient (Wildman–Crippen LogP) is 5.66. The van der Waals surface area contributed by atoms with Crippen LogP contribution in [0.25, 0.3) is 0 Å². The van der Waals surface area contributed by atoms with Gasteiger partial charge in [0.05, 0.1) is 0 Å². The Hall–Kier alpha value is -0.180. The van der Waals surface area contributed by atoms with Gasteiger partial charge < -0.3 is 0 Å². The Morgan fingerprint density at radius 3 is 1.50 bits per heavy atom. The van der Waals surface area contributed by atoms with Crippen molar-refractivity contribution >= 4 is 21.1 Å². The molecule has 1 atom stereocenters. The summed E-state index contributed by atoms with van der Waals surface area (Å²) in [7, 11) is 4.82. The number of halogens is 1. The molecule has 1 aromatic carbocycles. The fraction of sp³-hybridized carbons (Fsp3) is 0.600. The molecule has 0 saturated heterocycles. The van der Waals surface area contributed by atoms with Gasteiger partial charge in [-0.2, -0.15) is 4.55 Å². The normalized spacial score (nSPS) is 13.7. The molecule has 0 aromatic heterocycles. The van der Waals surface area contributed by atoms with Crippen molar-refractivity contribution in [3.63, 3.8) is 0 Å². The second kappa shape index (κ2) is 6.31. The highest BCUT2D eigenvalue weighted by molar-refractivity contribution is 8.13. The smallest absolute Gasteiger partial charge is 0.163 e. The lowest BCUT2D eigenvalue weighted by Crippen LogP contribution is -2.08. The maximum atomic E-state index is 9.91. The van der Waals surface area contributed by atoms with E-state index in [1.54, 1.807) is 0 Å². The van der Waals surface area contributed by atoms with Gasteiger partial charge in [0.25, 0.3) is 10.4 Å². The summed E-state index contributed by atoms with van der Waals surface area (Å²) in [6, 6.07) is 4.41. The standard InChI is InChI=1S/C15H24ClOS/c1-9(2)12-7-13(10(3)4)15(18(16)17)14(8-12)11(5)6/h7-11,17H,1-6H3/q+1. The predicted molar refractivity (Wildman–Crippen MR) is 82.8 cm³/mol. The molecule has 18 heavy (non-hydrogen) atoms. The zero-order valence-electron chi connectivity index (χ0n) is 12.1. The molecule has 0 bridgehead atoms. The van der Waals surface area contributed by atoms with Crippen molar-refractivity contribution < 1.29 is 4.55 Å². The van der Waals surface area contributed by atoms with Crippen LogP contribution in [-0.2, 0) is 10.4 Å². The van der Waals surface area contributed by atoms with E-state index in [0.29, 0.717) is 17.8 Å². The third-order valence-corrected chi connectivity index (χ3v) is 4.52. The van der Waals surface area contributed by atoms with Gasteiger partial charge in [0.15, 0.2) is 0 Å². The highest BCUT2D eigenvalue weighted by atomic mass is 35.7. The molecule has 0 spiro atoms. The van der Waals surface area contributed by atoms with Crippen molar-refractivity contribution in [3.05, 3.63) is 28.8 Å². The SMILES string of the molecule is CC(C)c1cc(C(C)C)c([S+](O)Cl)c(C(C)C)c1. The monoisotopic (exact) mass is 287 g/mol. The Balaban J connectivity index is 3.55. The Labute approximate surface area is 119 Å². The van der Waals surface area contributed by atoms with Crippen LogP contribution in [0.4, 0.5) is 0 Å². The summed E-state index contributed by atoms with van der Waals surface area (Å²) < 4.78 is 9.91. The minimum atomic E-state index is -1.19. The Kier molecular flexibility index (Phi) is 5.57. The lowest BCUT2D eigenvalue weighted by Gasteiger charge is -2.17. The number of hydrogen-bond donors (Lipinski definition) is 1. The van der Waals surface area contributed by atoms with Gasteiger partial charge in [0.1, 0.15) is 0 Å². The summed E-state index contributed by atoms with van der Waals surface area (Å²) in [5.74, 6) is 1.24. The van der Waals surface area contributed by atoms with Gasteiger partial charge >= 0.3 is 0 Å². The van der Waals surface area contributed by atoms with Gasteiger partial charge in [-0.25, -0.2) is 0 Å². The van der Waals surface area contributed by atoms with Gasteiger partial charge in [-0.3, -0.25) is 0 Å². The zero-order valence-corrected chi connectivity index (χ0v) is 13.7. The third-order valence-electron chi connectivity index (χ3n) is 3.25. The maximum Gasteiger partial charge on any atom is 0.299 e. The number of hydrogen-bond acceptors (Lipinski definition) is 1. The number of rotatable bonds is 4. The lowest BCUT2D eigenvalue weighted by molar-refractivity contribution is 0.645. The van der Waals surface area contributed by atoms with E-state index in [0.717, 1.165) is 4.90 Å². The van der Waals surface area contributed by atoms with E-state index < -0.39 is 10.4 Å². The van der Waals surface area contributed by atoms with Crippen LogP contribution in [-0.4, -0.2) is 4.55 Å². The minimum absolute atomic E-state index is 0.372. The average molecular weight is 288 g/mol. The maximum absolute atomic E-state index is 9.91. The molecule has 0 amide bonds. The van der Waals surface area contributed by atoms with E-state index in [1.807, 2.05) is 0 Å². The summed E-state index contributed by atoms with van der Waals surface area (Å²) in [4.78, 5) is 0.936. The van der Waals surface area contributed by atoms with Gasteiger partial charge in [-0.15, -0.1) is 0 Å². The van der Waals surface area contributed by atoms with Gasteiger partial charge in [0.2, 0.25) is 15.6 Å². The topological polar surface area (TPSA) is 20.2 Å². The first-order chi connectivity index (χ1) is 8.25. The van der Waals surface area contributed by atoms with Crippen molar-refractivity contribution in [2.45, 2.75) is 64.2 Å². The van der Waals surface area contributed by atoms with Crippen LogP contribution in [0.15, 0.2) is 17.0 Å². The highest BCUT2D eigenvalue weighted by Crippen LogP contribution is 2.36. The first kappa shape index (κ1) is 15.9. The van der Waals surface area contributed by atoms with E-state index in [4.69, 9.17) is 10.7 Å². The fourth-order valence-electron chi connectivity index (χ4n) is 2.08. The molecular weight excluding hydrogens is 264 g/mol. The van der Waals surface area contributed by atoms with Crippen molar-refractivity contribution in [1.82, 2.24) is 0 Å². The Bertz CT molecular complexity index is 382. The van der Waals surface area contributed by atoms with Crippen LogP contribution >= 0.6 is 10.7 Å². The van der Waals surface area contributed by atoms with Crippen molar-refractivity contribution in [3.8, 4) is 0 Å². The first-order valence-electron chi connectivity index (χ1n) is 6.53. The van der Waals surface area contributed by atoms with Crippen LogP contribution in [0.2, 0.25) is 0 Å². The van der Waals surface area contributed by atoms with E-state index in [-0.39, 0.29) is 0 Å². The summed E-state index contributed by atoms with van der Waals surface area (Å²) >= 11 is 0. The van der Waals surface area contributed by atoms with Crippen LogP contribution in [0.1, 0.15) is 76.0 Å². The molecule has 3 heteroatoms. The average Bonchev–Trinajstić information content (AvgIpc) is 2.26. The van der Waals surface area contributed by atoms with Crippen LogP contribution < -0.4 is 0 Å². The molecule has 0 saturated carbocycles. The van der Waals surface area contributed by atoms with E-state index >= 15 is 0 Å². The van der Waals surface area contributed by atoms with E-state index in [1.165, 1.54) is 16.7 Å². The molecule has 0 radical (unpaired) electrons. The lowest BCUT2D eigenvalue weighted by atomic mass is 9.89. The molecule has 0 heterocycles. The molecule has 1 rings (SSSR count). The van der Waals surface area contributed by atoms with E-state index in [9.17, 15) is 4.55 Å². The van der Waals surface area contributed by atoms with Gasteiger partial charge in [0, 0.05) is 11.1 Å². The Morgan fingerprint density at radius 2 is 1.28 bits per heavy atom. The zero-order chi connectivity index (χ0) is 14.0. The molecule has 0 aliphatic carbocycles. The molecule has 1 N–H and O–H groups in total. The molecule has 102 valence electrons. The van der Waals surface area contributed by atoms with Crippen LogP contribution in [0.3, 0.4) is 0 Å². The van der Waals surface area contributed by atoms with Gasteiger partial charge in [-0.05, 0) is 23.3 Å². The summed E-state index contributed by atoms with van der Waals surface area (Å²) in [5, 5.41) is 0. The molecule has 0 aliphatic heterocycles. The minimum Gasteiger partial charge on any atom is -0.163 e. The van der Waals surface area contributed by atoms with Crippen LogP contribution in [0, 0.1) is 0 Å². The fourth-order valence-corrected chi connectivity index (χ4v) is 3.60. The quantitative estimate of drug-likeness (QED) is 0.708. The second-order valence-corrected chi connectivity index (χ2v) is 7.49. The molecule has 0 fully saturated rings. The second-order valence-electron chi connectivity index (χ2n) is 5.73. The van der Waals surface area contributed by atoms with Crippen molar-refractivity contribution in [1.29, 1.82) is 0 Å². The largest absolute Gasteiger partial charge is 0.299 e. The summed E-state index contributed by atoms with van der Waals surface area (Å²) in [5.41, 5.74) is 3.70. The molecule has 0 aliphatic rings. The van der Waals surface area contributed by atoms with Crippen molar-refractivity contribution in [2.24, 2.45) is 0 Å². The first-order valence-corrected chi connectivity index (χ1v) is 8.53. The third kappa shape index (κ3) is 3.43. The molecular formula is C15H24ClOS+. The highest BCUT2D eigenvalue weighted by Gasteiger charge is 2.30. The molecule has 1 nitrogen and oxygen atoms in total. The Morgan fingerprint density at radius 1 is 0.889 bits per heavy atom. The number of benzene rings is 1. The van der Waals surface area contributed by atoms with E-state index in [2.05, 4.69) is 53.7 Å². The molecule has 1 aromatic rings.